The van der Waals surface area contributed by atoms with Crippen LogP contribution in [-0.4, -0.2) is 54.2 Å². The number of hydrogen-bond acceptors (Lipinski definition) is 4. The second-order valence-electron chi connectivity index (χ2n) is 5.03. The van der Waals surface area contributed by atoms with Crippen molar-refractivity contribution in [3.63, 3.8) is 0 Å². The van der Waals surface area contributed by atoms with Crippen LogP contribution in [0, 0.1) is 0 Å². The predicted octanol–water partition coefficient (Wildman–Crippen LogP) is 1.22. The van der Waals surface area contributed by atoms with Crippen molar-refractivity contribution in [1.29, 1.82) is 0 Å². The molecule has 0 aromatic rings. The molecule has 0 saturated carbocycles. The maximum Gasteiger partial charge on any atom is 0.0645 e. The minimum atomic E-state index is 0.470. The van der Waals surface area contributed by atoms with Gasteiger partial charge in [-0.05, 0) is 26.7 Å². The van der Waals surface area contributed by atoms with Gasteiger partial charge < -0.3 is 10.1 Å². The lowest BCUT2D eigenvalue weighted by Gasteiger charge is -2.40. The van der Waals surface area contributed by atoms with E-state index >= 15 is 0 Å². The summed E-state index contributed by atoms with van der Waals surface area (Å²) >= 11 is 5.36. The molecular weight excluding hydrogens is 220 g/mol. The third kappa shape index (κ3) is 2.80. The van der Waals surface area contributed by atoms with E-state index in [1.165, 1.54) is 4.86 Å². The van der Waals surface area contributed by atoms with E-state index in [-0.39, 0.29) is 0 Å². The molecule has 4 heteroatoms. The van der Waals surface area contributed by atoms with E-state index in [2.05, 4.69) is 24.1 Å². The first-order chi connectivity index (χ1) is 7.68. The lowest BCUT2D eigenvalue weighted by atomic mass is 10.1. The second-order valence-corrected chi connectivity index (χ2v) is 5.56. The van der Waals surface area contributed by atoms with Crippen molar-refractivity contribution in [3.05, 3.63) is 0 Å². The van der Waals surface area contributed by atoms with Crippen LogP contribution in [0.5, 0.6) is 0 Å². The lowest BCUT2D eigenvalue weighted by molar-refractivity contribution is -0.0754. The van der Waals surface area contributed by atoms with Gasteiger partial charge in [-0.1, -0.05) is 12.2 Å². The average molecular weight is 242 g/mol. The van der Waals surface area contributed by atoms with Crippen LogP contribution >= 0.6 is 12.2 Å². The van der Waals surface area contributed by atoms with Crippen LogP contribution in [0.15, 0.2) is 0 Å². The summed E-state index contributed by atoms with van der Waals surface area (Å²) in [6.45, 7) is 8.53. The SMILES string of the molecule is CC(C)N(CCC1NCCC1=S)C1COC1. The summed E-state index contributed by atoms with van der Waals surface area (Å²) in [5, 5.41) is 3.48. The quantitative estimate of drug-likeness (QED) is 0.733. The Kier molecular flexibility index (Phi) is 4.30. The van der Waals surface area contributed by atoms with Crippen LogP contribution in [-0.2, 0) is 4.74 Å². The van der Waals surface area contributed by atoms with Crippen LogP contribution in [0.3, 0.4) is 0 Å². The Morgan fingerprint density at radius 3 is 2.69 bits per heavy atom. The summed E-state index contributed by atoms with van der Waals surface area (Å²) in [5.74, 6) is 0. The molecular formula is C12H22N2OS. The van der Waals surface area contributed by atoms with E-state index in [9.17, 15) is 0 Å². The first-order valence-corrected chi connectivity index (χ1v) is 6.69. The Morgan fingerprint density at radius 1 is 1.50 bits per heavy atom. The summed E-state index contributed by atoms with van der Waals surface area (Å²) in [7, 11) is 0. The first-order valence-electron chi connectivity index (χ1n) is 6.28. The van der Waals surface area contributed by atoms with Crippen LogP contribution in [0.25, 0.3) is 0 Å². The highest BCUT2D eigenvalue weighted by Crippen LogP contribution is 2.16. The van der Waals surface area contributed by atoms with E-state index in [0.29, 0.717) is 18.1 Å². The van der Waals surface area contributed by atoms with E-state index in [1.54, 1.807) is 0 Å². The van der Waals surface area contributed by atoms with Gasteiger partial charge in [-0.2, -0.15) is 0 Å². The van der Waals surface area contributed by atoms with E-state index in [0.717, 1.165) is 39.1 Å². The van der Waals surface area contributed by atoms with Crippen LogP contribution < -0.4 is 5.32 Å². The topological polar surface area (TPSA) is 24.5 Å². The largest absolute Gasteiger partial charge is 0.378 e. The molecule has 92 valence electrons. The summed E-state index contributed by atoms with van der Waals surface area (Å²) in [4.78, 5) is 3.76. The number of nitrogens with zero attached hydrogens (tertiary/aromatic N) is 1. The molecule has 1 atom stereocenters. The molecule has 0 bridgehead atoms. The smallest absolute Gasteiger partial charge is 0.0645 e. The Morgan fingerprint density at radius 2 is 2.25 bits per heavy atom. The zero-order valence-electron chi connectivity index (χ0n) is 10.2. The average Bonchev–Trinajstić information content (AvgIpc) is 2.55. The second kappa shape index (κ2) is 5.54. The highest BCUT2D eigenvalue weighted by molar-refractivity contribution is 7.80. The predicted molar refractivity (Wildman–Crippen MR) is 70.1 cm³/mol. The molecule has 0 aromatic carbocycles. The monoisotopic (exact) mass is 242 g/mol. The Bertz CT molecular complexity index is 253. The minimum absolute atomic E-state index is 0.470. The van der Waals surface area contributed by atoms with Gasteiger partial charge in [0.15, 0.2) is 0 Å². The maximum atomic E-state index is 5.36. The zero-order chi connectivity index (χ0) is 11.5. The third-order valence-corrected chi connectivity index (χ3v) is 4.07. The van der Waals surface area contributed by atoms with Crippen molar-refractivity contribution in [2.75, 3.05) is 26.3 Å². The van der Waals surface area contributed by atoms with Crippen molar-refractivity contribution in [3.8, 4) is 0 Å². The number of nitrogens with one attached hydrogen (secondary N) is 1. The van der Waals surface area contributed by atoms with Crippen LogP contribution in [0.2, 0.25) is 0 Å². The summed E-state index contributed by atoms with van der Waals surface area (Å²) in [6.07, 6.45) is 2.22. The molecule has 16 heavy (non-hydrogen) atoms. The van der Waals surface area contributed by atoms with Gasteiger partial charge in [-0.25, -0.2) is 0 Å². The van der Waals surface area contributed by atoms with Gasteiger partial charge in [-0.15, -0.1) is 0 Å². The molecule has 2 fully saturated rings. The maximum absolute atomic E-state index is 5.36. The zero-order valence-corrected chi connectivity index (χ0v) is 11.1. The molecule has 1 N–H and O–H groups in total. The molecule has 0 aliphatic carbocycles. The van der Waals surface area contributed by atoms with Crippen molar-refractivity contribution in [2.24, 2.45) is 0 Å². The Hall–Kier alpha value is -0.0300. The number of thiocarbonyl (C=S) groups is 1. The molecule has 2 saturated heterocycles. The van der Waals surface area contributed by atoms with Crippen molar-refractivity contribution < 1.29 is 4.74 Å². The van der Waals surface area contributed by atoms with E-state index in [4.69, 9.17) is 17.0 Å². The molecule has 1 unspecified atom stereocenters. The standard InChI is InChI=1S/C12H22N2OS/c1-9(2)14(10-7-15-8-10)6-4-11-12(16)3-5-13-11/h9-11,13H,3-8H2,1-2H3. The molecule has 3 nitrogen and oxygen atoms in total. The molecule has 2 heterocycles. The van der Waals surface area contributed by atoms with Crippen molar-refractivity contribution >= 4 is 17.1 Å². The van der Waals surface area contributed by atoms with E-state index in [1.807, 2.05) is 0 Å². The third-order valence-electron chi connectivity index (χ3n) is 3.58. The molecule has 2 aliphatic heterocycles. The first kappa shape index (κ1) is 12.4. The van der Waals surface area contributed by atoms with Gasteiger partial charge in [0.2, 0.25) is 0 Å². The minimum Gasteiger partial charge on any atom is -0.378 e. The molecule has 2 rings (SSSR count). The van der Waals surface area contributed by atoms with Gasteiger partial charge in [0.1, 0.15) is 0 Å². The van der Waals surface area contributed by atoms with Gasteiger partial charge in [0.05, 0.1) is 19.3 Å². The fraction of sp³-hybridized carbons (Fsp3) is 0.917. The lowest BCUT2D eigenvalue weighted by Crippen LogP contribution is -2.53. The molecule has 2 aliphatic rings. The van der Waals surface area contributed by atoms with Crippen molar-refractivity contribution in [1.82, 2.24) is 10.2 Å². The summed E-state index contributed by atoms with van der Waals surface area (Å²) in [5.41, 5.74) is 0. The van der Waals surface area contributed by atoms with E-state index < -0.39 is 0 Å². The van der Waals surface area contributed by atoms with Gasteiger partial charge in [0.25, 0.3) is 0 Å². The number of hydrogen-bond donors (Lipinski definition) is 1. The molecule has 0 amide bonds. The highest BCUT2D eigenvalue weighted by atomic mass is 32.1. The highest BCUT2D eigenvalue weighted by Gasteiger charge is 2.29. The van der Waals surface area contributed by atoms with Gasteiger partial charge in [0, 0.05) is 30.0 Å². The summed E-state index contributed by atoms with van der Waals surface area (Å²) < 4.78 is 5.28. The Balaban J connectivity index is 1.79. The van der Waals surface area contributed by atoms with Crippen LogP contribution in [0.1, 0.15) is 26.7 Å². The van der Waals surface area contributed by atoms with Gasteiger partial charge in [-0.3, -0.25) is 4.90 Å². The van der Waals surface area contributed by atoms with Crippen molar-refractivity contribution in [2.45, 2.75) is 44.8 Å². The molecule has 0 radical (unpaired) electrons. The Labute approximate surface area is 104 Å². The molecule has 0 spiro atoms. The fourth-order valence-electron chi connectivity index (χ4n) is 2.48. The normalized spacial score (nSPS) is 26.8. The van der Waals surface area contributed by atoms with Crippen LogP contribution in [0.4, 0.5) is 0 Å². The molecule has 0 aromatic heterocycles. The van der Waals surface area contributed by atoms with Gasteiger partial charge >= 0.3 is 0 Å². The number of ether oxygens (including phenoxy) is 1. The fourth-order valence-corrected chi connectivity index (χ4v) is 2.78. The number of rotatable bonds is 5. The summed E-state index contributed by atoms with van der Waals surface area (Å²) in [6, 6.07) is 1.70.